The fraction of sp³-hybridized carbons (Fsp3) is 0.600. The zero-order valence-corrected chi connectivity index (χ0v) is 18.9. The molecule has 1 amide bonds. The van der Waals surface area contributed by atoms with Gasteiger partial charge in [-0.3, -0.25) is 14.6 Å². The van der Waals surface area contributed by atoms with Crippen LogP contribution in [0.2, 0.25) is 0 Å². The summed E-state index contributed by atoms with van der Waals surface area (Å²) in [5.41, 5.74) is 2.45. The molecule has 2 aliphatic heterocycles. The summed E-state index contributed by atoms with van der Waals surface area (Å²) in [5.74, 6) is 0.914. The number of likely N-dealkylation sites (N-methyl/N-ethyl adjacent to an activating group) is 1. The molecular formula is C25H37N5O. The van der Waals surface area contributed by atoms with Crippen molar-refractivity contribution >= 4 is 5.91 Å². The van der Waals surface area contributed by atoms with Crippen LogP contribution in [0.25, 0.3) is 5.69 Å². The van der Waals surface area contributed by atoms with E-state index in [1.54, 1.807) is 0 Å². The van der Waals surface area contributed by atoms with E-state index in [-0.39, 0.29) is 5.91 Å². The first-order chi connectivity index (χ1) is 15.2. The van der Waals surface area contributed by atoms with Gasteiger partial charge in [-0.05, 0) is 88.0 Å². The summed E-state index contributed by atoms with van der Waals surface area (Å²) in [6.07, 6.45) is 10.4. The molecule has 4 rings (SSSR count). The van der Waals surface area contributed by atoms with Gasteiger partial charge in [-0.15, -0.1) is 0 Å². The number of carbonyl (C=O) groups excluding carboxylic acids is 1. The van der Waals surface area contributed by atoms with Crippen LogP contribution in [0.4, 0.5) is 0 Å². The van der Waals surface area contributed by atoms with E-state index in [4.69, 9.17) is 0 Å². The Labute approximate surface area is 186 Å². The lowest BCUT2D eigenvalue weighted by atomic mass is 9.92. The molecule has 1 aromatic carbocycles. The smallest absolute Gasteiger partial charge is 0.220 e. The summed E-state index contributed by atoms with van der Waals surface area (Å²) < 4.78 is 1.91. The Morgan fingerprint density at radius 3 is 2.81 bits per heavy atom. The van der Waals surface area contributed by atoms with Gasteiger partial charge in [0.2, 0.25) is 5.91 Å². The van der Waals surface area contributed by atoms with Crippen LogP contribution in [0.15, 0.2) is 42.7 Å². The van der Waals surface area contributed by atoms with Crippen LogP contribution >= 0.6 is 0 Å². The molecule has 0 spiro atoms. The first-order valence-electron chi connectivity index (χ1n) is 12.0. The van der Waals surface area contributed by atoms with Gasteiger partial charge in [0.1, 0.15) is 0 Å². The molecule has 0 saturated carbocycles. The number of likely N-dealkylation sites (tertiary alicyclic amines) is 2. The van der Waals surface area contributed by atoms with E-state index >= 15 is 0 Å². The Kier molecular flexibility index (Phi) is 7.76. The van der Waals surface area contributed by atoms with Crippen LogP contribution in [0.5, 0.6) is 0 Å². The number of piperidine rings is 1. The van der Waals surface area contributed by atoms with E-state index < -0.39 is 0 Å². The van der Waals surface area contributed by atoms with E-state index in [1.165, 1.54) is 37.8 Å². The molecule has 1 aromatic heterocycles. The van der Waals surface area contributed by atoms with Gasteiger partial charge in [0.25, 0.3) is 0 Å². The highest BCUT2D eigenvalue weighted by Gasteiger charge is 2.24. The summed E-state index contributed by atoms with van der Waals surface area (Å²) in [6, 6.07) is 11.1. The number of benzene rings is 1. The Morgan fingerprint density at radius 2 is 2.03 bits per heavy atom. The Bertz CT molecular complexity index is 813. The molecule has 1 atom stereocenters. The van der Waals surface area contributed by atoms with Crippen molar-refractivity contribution in [2.45, 2.75) is 58.0 Å². The van der Waals surface area contributed by atoms with E-state index in [0.29, 0.717) is 18.4 Å². The molecule has 2 aromatic rings. The monoisotopic (exact) mass is 423 g/mol. The van der Waals surface area contributed by atoms with Crippen LogP contribution < -0.4 is 5.32 Å². The predicted molar refractivity (Wildman–Crippen MR) is 124 cm³/mol. The summed E-state index contributed by atoms with van der Waals surface area (Å²) in [7, 11) is 0. The average molecular weight is 424 g/mol. The third kappa shape index (κ3) is 6.17. The van der Waals surface area contributed by atoms with Gasteiger partial charge in [-0.25, -0.2) is 4.68 Å². The van der Waals surface area contributed by atoms with Gasteiger partial charge in [-0.1, -0.05) is 19.1 Å². The minimum Gasteiger partial charge on any atom is -0.355 e. The number of amides is 1. The molecule has 0 radical (unpaired) electrons. The summed E-state index contributed by atoms with van der Waals surface area (Å²) in [5, 5.41) is 7.52. The third-order valence-corrected chi connectivity index (χ3v) is 7.01. The van der Waals surface area contributed by atoms with Crippen LogP contribution in [-0.2, 0) is 11.3 Å². The number of nitrogens with one attached hydrogen (secondary N) is 1. The molecule has 0 bridgehead atoms. The molecule has 2 saturated heterocycles. The highest BCUT2D eigenvalue weighted by molar-refractivity contribution is 5.75. The molecule has 2 aliphatic rings. The average Bonchev–Trinajstić information content (AvgIpc) is 3.49. The van der Waals surface area contributed by atoms with Crippen molar-refractivity contribution < 1.29 is 4.79 Å². The lowest BCUT2D eigenvalue weighted by Gasteiger charge is -2.32. The van der Waals surface area contributed by atoms with Crippen molar-refractivity contribution in [2.24, 2.45) is 5.92 Å². The summed E-state index contributed by atoms with van der Waals surface area (Å²) in [6.45, 7) is 8.52. The van der Waals surface area contributed by atoms with Crippen molar-refractivity contribution in [2.75, 3.05) is 32.7 Å². The zero-order valence-electron chi connectivity index (χ0n) is 18.9. The van der Waals surface area contributed by atoms with Crippen molar-refractivity contribution in [3.8, 4) is 5.69 Å². The number of rotatable bonds is 9. The number of hydrogen-bond acceptors (Lipinski definition) is 4. The number of nitrogens with zero attached hydrogens (tertiary/aromatic N) is 4. The molecule has 6 nitrogen and oxygen atoms in total. The number of carbonyl (C=O) groups is 1. The van der Waals surface area contributed by atoms with E-state index in [1.807, 2.05) is 23.1 Å². The maximum Gasteiger partial charge on any atom is 0.220 e. The van der Waals surface area contributed by atoms with Crippen LogP contribution in [0.1, 0.15) is 51.0 Å². The minimum absolute atomic E-state index is 0.237. The first-order valence-corrected chi connectivity index (χ1v) is 12.0. The topological polar surface area (TPSA) is 53.4 Å². The van der Waals surface area contributed by atoms with Crippen molar-refractivity contribution in [1.29, 1.82) is 0 Å². The zero-order chi connectivity index (χ0) is 21.5. The summed E-state index contributed by atoms with van der Waals surface area (Å²) in [4.78, 5) is 17.4. The molecule has 3 heterocycles. The summed E-state index contributed by atoms with van der Waals surface area (Å²) >= 11 is 0. The van der Waals surface area contributed by atoms with Gasteiger partial charge in [-0.2, -0.15) is 5.10 Å². The van der Waals surface area contributed by atoms with Crippen molar-refractivity contribution in [1.82, 2.24) is 24.9 Å². The SMILES string of the molecule is CCN1CCCC1CNC(=O)CCC1CCN(Cc2cccc(-n3cccn3)c2)CC1. The van der Waals surface area contributed by atoms with Crippen molar-refractivity contribution in [3.05, 3.63) is 48.3 Å². The molecule has 0 aliphatic carbocycles. The number of aromatic nitrogens is 2. The second-order valence-corrected chi connectivity index (χ2v) is 9.11. The molecule has 1 unspecified atom stereocenters. The minimum atomic E-state index is 0.237. The number of hydrogen-bond donors (Lipinski definition) is 1. The van der Waals surface area contributed by atoms with Gasteiger partial charge < -0.3 is 5.32 Å². The van der Waals surface area contributed by atoms with Crippen LogP contribution in [-0.4, -0.2) is 64.3 Å². The van der Waals surface area contributed by atoms with Gasteiger partial charge in [0.15, 0.2) is 0 Å². The molecule has 6 heteroatoms. The lowest BCUT2D eigenvalue weighted by molar-refractivity contribution is -0.121. The highest BCUT2D eigenvalue weighted by Crippen LogP contribution is 2.23. The molecule has 2 fully saturated rings. The van der Waals surface area contributed by atoms with Gasteiger partial charge >= 0.3 is 0 Å². The normalized spacial score (nSPS) is 20.9. The van der Waals surface area contributed by atoms with Gasteiger partial charge in [0, 0.05) is 37.9 Å². The van der Waals surface area contributed by atoms with E-state index in [0.717, 1.165) is 44.8 Å². The standard InChI is InChI=1S/C25H37N5O/c1-2-29-14-4-8-24(29)19-26-25(31)10-9-21-11-16-28(17-12-21)20-22-6-3-7-23(18-22)30-15-5-13-27-30/h3,5-7,13,15,18,21,24H,2,4,8-12,14,16-17,19-20H2,1H3,(H,26,31). The fourth-order valence-corrected chi connectivity index (χ4v) is 5.11. The van der Waals surface area contributed by atoms with Crippen LogP contribution in [0, 0.1) is 5.92 Å². The molecule has 168 valence electrons. The Hall–Kier alpha value is -2.18. The molecule has 31 heavy (non-hydrogen) atoms. The van der Waals surface area contributed by atoms with E-state index in [2.05, 4.69) is 51.4 Å². The second-order valence-electron chi connectivity index (χ2n) is 9.11. The first kappa shape index (κ1) is 22.0. The lowest BCUT2D eigenvalue weighted by Crippen LogP contribution is -2.40. The van der Waals surface area contributed by atoms with Crippen LogP contribution in [0.3, 0.4) is 0 Å². The predicted octanol–water partition coefficient (Wildman–Crippen LogP) is 3.47. The third-order valence-electron chi connectivity index (χ3n) is 7.01. The maximum atomic E-state index is 12.3. The van der Waals surface area contributed by atoms with Gasteiger partial charge in [0.05, 0.1) is 5.69 Å². The maximum absolute atomic E-state index is 12.3. The Balaban J connectivity index is 1.15. The second kappa shape index (κ2) is 10.9. The van der Waals surface area contributed by atoms with Crippen molar-refractivity contribution in [3.63, 3.8) is 0 Å². The fourth-order valence-electron chi connectivity index (χ4n) is 5.11. The molecular weight excluding hydrogens is 386 g/mol. The Morgan fingerprint density at radius 1 is 1.16 bits per heavy atom. The van der Waals surface area contributed by atoms with E-state index in [9.17, 15) is 4.79 Å². The largest absolute Gasteiger partial charge is 0.355 e. The highest BCUT2D eigenvalue weighted by atomic mass is 16.1. The quantitative estimate of drug-likeness (QED) is 0.671. The molecule has 1 N–H and O–H groups in total.